The number of amides is 1. The normalized spacial score (nSPS) is 18.9. The van der Waals surface area contributed by atoms with E-state index in [-0.39, 0.29) is 29.3 Å². The Morgan fingerprint density at radius 1 is 1.45 bits per heavy atom. The summed E-state index contributed by atoms with van der Waals surface area (Å²) in [6, 6.07) is 3.36. The lowest BCUT2D eigenvalue weighted by Gasteiger charge is -2.12. The van der Waals surface area contributed by atoms with E-state index in [2.05, 4.69) is 10.0 Å². The molecule has 0 aromatic heterocycles. The highest BCUT2D eigenvalue weighted by molar-refractivity contribution is 14.1. The van der Waals surface area contributed by atoms with Crippen molar-refractivity contribution in [3.05, 3.63) is 27.3 Å². The molecular weight excluding hydrogens is 399 g/mol. The van der Waals surface area contributed by atoms with E-state index in [4.69, 9.17) is 5.11 Å². The van der Waals surface area contributed by atoms with Crippen LogP contribution in [0.5, 0.6) is 0 Å². The van der Waals surface area contributed by atoms with Crippen LogP contribution < -0.4 is 10.0 Å². The van der Waals surface area contributed by atoms with Crippen LogP contribution in [0.3, 0.4) is 0 Å². The predicted molar refractivity (Wildman–Crippen MR) is 77.9 cm³/mol. The lowest BCUT2D eigenvalue weighted by atomic mass is 10.2. The van der Waals surface area contributed by atoms with Gasteiger partial charge in [-0.2, -0.15) is 0 Å². The number of aromatic carboxylic acids is 1. The smallest absolute Gasteiger partial charge is 0.336 e. The van der Waals surface area contributed by atoms with Crippen LogP contribution >= 0.6 is 22.6 Å². The third-order valence-corrected chi connectivity index (χ3v) is 5.24. The molecule has 0 aliphatic carbocycles. The van der Waals surface area contributed by atoms with Crippen LogP contribution in [0, 0.1) is 3.57 Å². The summed E-state index contributed by atoms with van der Waals surface area (Å²) >= 11 is 1.82. The van der Waals surface area contributed by atoms with E-state index in [0.717, 1.165) is 6.07 Å². The van der Waals surface area contributed by atoms with Crippen molar-refractivity contribution in [2.75, 3.05) is 6.54 Å². The molecule has 0 spiro atoms. The monoisotopic (exact) mass is 410 g/mol. The van der Waals surface area contributed by atoms with E-state index >= 15 is 0 Å². The lowest BCUT2D eigenvalue weighted by molar-refractivity contribution is -0.119. The van der Waals surface area contributed by atoms with Gasteiger partial charge in [-0.05, 0) is 40.8 Å². The molecular formula is C11H11IN2O5S. The molecule has 1 aliphatic heterocycles. The van der Waals surface area contributed by atoms with Gasteiger partial charge in [-0.25, -0.2) is 17.9 Å². The van der Waals surface area contributed by atoms with Crippen LogP contribution in [-0.4, -0.2) is 38.0 Å². The van der Waals surface area contributed by atoms with Gasteiger partial charge in [-0.15, -0.1) is 0 Å². The Balaban J connectivity index is 2.27. The summed E-state index contributed by atoms with van der Waals surface area (Å²) < 4.78 is 27.1. The summed E-state index contributed by atoms with van der Waals surface area (Å²) in [6.45, 7) is 0.230. The first-order valence-electron chi connectivity index (χ1n) is 5.61. The highest BCUT2D eigenvalue weighted by Crippen LogP contribution is 2.18. The molecule has 0 saturated carbocycles. The molecule has 1 aromatic carbocycles. The van der Waals surface area contributed by atoms with Crippen molar-refractivity contribution >= 4 is 44.5 Å². The molecule has 1 aliphatic rings. The second-order valence-corrected chi connectivity index (χ2v) is 7.15. The first-order valence-corrected chi connectivity index (χ1v) is 8.17. The Kier molecular flexibility index (Phi) is 4.30. The minimum absolute atomic E-state index is 0.0749. The number of carbonyl (C=O) groups excluding carboxylic acids is 1. The van der Waals surface area contributed by atoms with Crippen LogP contribution in [0.25, 0.3) is 0 Å². The van der Waals surface area contributed by atoms with E-state index in [1.807, 2.05) is 22.6 Å². The summed E-state index contributed by atoms with van der Waals surface area (Å²) in [6.07, 6.45) is 0.0788. The average molecular weight is 410 g/mol. The molecule has 1 heterocycles. The van der Waals surface area contributed by atoms with Gasteiger partial charge in [0.25, 0.3) is 0 Å². The zero-order chi connectivity index (χ0) is 14.9. The van der Waals surface area contributed by atoms with Gasteiger partial charge in [-0.1, -0.05) is 0 Å². The minimum Gasteiger partial charge on any atom is -0.478 e. The Labute approximate surface area is 128 Å². The number of nitrogens with one attached hydrogen (secondary N) is 2. The molecule has 1 unspecified atom stereocenters. The maximum Gasteiger partial charge on any atom is 0.336 e. The number of carboxylic acids is 1. The Morgan fingerprint density at radius 2 is 2.15 bits per heavy atom. The van der Waals surface area contributed by atoms with Crippen LogP contribution in [0.4, 0.5) is 0 Å². The number of halogens is 1. The maximum absolute atomic E-state index is 12.1. The Hall–Kier alpha value is -1.20. The lowest BCUT2D eigenvalue weighted by Crippen LogP contribution is -2.36. The summed E-state index contributed by atoms with van der Waals surface area (Å²) in [5.74, 6) is -1.41. The van der Waals surface area contributed by atoms with E-state index in [1.54, 1.807) is 0 Å². The number of carboxylic acid groups (broad SMARTS) is 1. The zero-order valence-corrected chi connectivity index (χ0v) is 13.1. The molecule has 0 bridgehead atoms. The summed E-state index contributed by atoms with van der Waals surface area (Å²) in [5.41, 5.74) is -0.0749. The van der Waals surface area contributed by atoms with E-state index < -0.39 is 22.0 Å². The fourth-order valence-electron chi connectivity index (χ4n) is 1.81. The van der Waals surface area contributed by atoms with Gasteiger partial charge in [0.05, 0.1) is 10.5 Å². The number of sulfonamides is 1. The van der Waals surface area contributed by atoms with Crippen LogP contribution in [-0.2, 0) is 14.8 Å². The van der Waals surface area contributed by atoms with Crippen molar-refractivity contribution in [1.29, 1.82) is 0 Å². The molecule has 3 N–H and O–H groups in total. The maximum atomic E-state index is 12.1. The zero-order valence-electron chi connectivity index (χ0n) is 10.1. The third kappa shape index (κ3) is 3.27. The van der Waals surface area contributed by atoms with E-state index in [1.165, 1.54) is 12.1 Å². The van der Waals surface area contributed by atoms with Crippen LogP contribution in [0.15, 0.2) is 23.1 Å². The van der Waals surface area contributed by atoms with Gasteiger partial charge in [0, 0.05) is 22.6 Å². The van der Waals surface area contributed by atoms with Crippen molar-refractivity contribution in [3.8, 4) is 0 Å². The number of hydrogen-bond acceptors (Lipinski definition) is 4. The summed E-state index contributed by atoms with van der Waals surface area (Å²) in [4.78, 5) is 21.9. The molecule has 1 fully saturated rings. The molecule has 1 aromatic rings. The van der Waals surface area contributed by atoms with Crippen molar-refractivity contribution in [2.24, 2.45) is 0 Å². The number of benzene rings is 1. The third-order valence-electron chi connectivity index (χ3n) is 2.78. The highest BCUT2D eigenvalue weighted by Gasteiger charge is 2.27. The van der Waals surface area contributed by atoms with E-state index in [9.17, 15) is 18.0 Å². The molecule has 20 heavy (non-hydrogen) atoms. The largest absolute Gasteiger partial charge is 0.478 e. The molecule has 1 saturated heterocycles. The van der Waals surface area contributed by atoms with Gasteiger partial charge in [0.1, 0.15) is 0 Å². The van der Waals surface area contributed by atoms with Gasteiger partial charge < -0.3 is 10.4 Å². The number of hydrogen-bond donors (Lipinski definition) is 3. The molecule has 1 amide bonds. The highest BCUT2D eigenvalue weighted by atomic mass is 127. The van der Waals surface area contributed by atoms with Crippen LogP contribution in [0.2, 0.25) is 0 Å². The minimum atomic E-state index is -3.85. The van der Waals surface area contributed by atoms with Gasteiger partial charge in [-0.3, -0.25) is 4.79 Å². The molecule has 0 radical (unpaired) electrons. The first-order chi connectivity index (χ1) is 9.29. The molecule has 1 atom stereocenters. The number of rotatable bonds is 4. The Morgan fingerprint density at radius 3 is 2.70 bits per heavy atom. The van der Waals surface area contributed by atoms with Crippen molar-refractivity contribution < 1.29 is 23.1 Å². The molecule has 7 nitrogen and oxygen atoms in total. The van der Waals surface area contributed by atoms with Crippen molar-refractivity contribution in [1.82, 2.24) is 10.0 Å². The fourth-order valence-corrected chi connectivity index (χ4v) is 3.64. The van der Waals surface area contributed by atoms with Crippen molar-refractivity contribution in [3.63, 3.8) is 0 Å². The fraction of sp³-hybridized carbons (Fsp3) is 0.273. The topological polar surface area (TPSA) is 113 Å². The number of carbonyl (C=O) groups is 2. The first kappa shape index (κ1) is 15.2. The molecule has 2 rings (SSSR count). The standard InChI is InChI=1S/C11H11IN2O5S/c12-9-2-1-7(4-8(9)11(16)17)20(18,19)14-6-3-10(15)13-5-6/h1-2,4,6,14H,3,5H2,(H,13,15)(H,16,17). The predicted octanol–water partition coefficient (Wildman–Crippen LogP) is 0.156. The van der Waals surface area contributed by atoms with Gasteiger partial charge in [0.2, 0.25) is 15.9 Å². The van der Waals surface area contributed by atoms with Gasteiger partial charge >= 0.3 is 5.97 Å². The van der Waals surface area contributed by atoms with Gasteiger partial charge in [0.15, 0.2) is 0 Å². The Bertz CT molecular complexity index is 673. The van der Waals surface area contributed by atoms with Crippen molar-refractivity contribution in [2.45, 2.75) is 17.4 Å². The van der Waals surface area contributed by atoms with E-state index in [0.29, 0.717) is 3.57 Å². The quantitative estimate of drug-likeness (QED) is 0.613. The summed E-state index contributed by atoms with van der Waals surface area (Å²) in [7, 11) is -3.85. The summed E-state index contributed by atoms with van der Waals surface area (Å²) in [5, 5.41) is 11.5. The average Bonchev–Trinajstić information content (AvgIpc) is 2.73. The second kappa shape index (κ2) is 5.66. The van der Waals surface area contributed by atoms with Crippen LogP contribution in [0.1, 0.15) is 16.8 Å². The molecule has 9 heteroatoms. The molecule has 108 valence electrons. The SMILES string of the molecule is O=C1CC(NS(=O)(=O)c2ccc(I)c(C(=O)O)c2)CN1. The second-order valence-electron chi connectivity index (χ2n) is 4.27.